The zero-order valence-electron chi connectivity index (χ0n) is 19.6. The number of hydrogen-bond acceptors (Lipinski definition) is 4. The Balaban J connectivity index is 1.92. The van der Waals surface area contributed by atoms with Gasteiger partial charge in [-0.3, -0.25) is 4.79 Å². The summed E-state index contributed by atoms with van der Waals surface area (Å²) in [5.41, 5.74) is 2.25. The van der Waals surface area contributed by atoms with Crippen LogP contribution in [0.1, 0.15) is 53.5 Å². The number of imidazole rings is 1. The Labute approximate surface area is 193 Å². The summed E-state index contributed by atoms with van der Waals surface area (Å²) in [7, 11) is 0. The lowest BCUT2D eigenvalue weighted by Crippen LogP contribution is -2.58. The molecule has 0 radical (unpaired) electrons. The lowest BCUT2D eigenvalue weighted by atomic mass is 9.79. The highest BCUT2D eigenvalue weighted by Gasteiger charge is 2.42. The van der Waals surface area contributed by atoms with Gasteiger partial charge in [-0.1, -0.05) is 0 Å². The molecular formula is C25H30FN5O2. The first-order valence-corrected chi connectivity index (χ1v) is 11.1. The van der Waals surface area contributed by atoms with Gasteiger partial charge in [0.2, 0.25) is 12.2 Å². The molecule has 7 nitrogen and oxygen atoms in total. The molecule has 1 amide bonds. The number of rotatable bonds is 4. The first-order valence-electron chi connectivity index (χ1n) is 11.1. The number of anilines is 1. The van der Waals surface area contributed by atoms with Gasteiger partial charge in [-0.15, -0.1) is 0 Å². The topological polar surface area (TPSA) is 85.9 Å². The third-order valence-electron chi connectivity index (χ3n) is 5.95. The van der Waals surface area contributed by atoms with Gasteiger partial charge in [0.15, 0.2) is 11.4 Å². The van der Waals surface area contributed by atoms with Crippen LogP contribution in [-0.2, 0) is 4.79 Å². The third kappa shape index (κ3) is 4.90. The second-order valence-corrected chi connectivity index (χ2v) is 10.1. The van der Waals surface area contributed by atoms with Crippen LogP contribution in [-0.4, -0.2) is 26.5 Å². The quantitative estimate of drug-likeness (QED) is 0.454. The molecule has 174 valence electrons. The molecule has 0 atom stereocenters. The van der Waals surface area contributed by atoms with Crippen LogP contribution in [0.25, 0.3) is 22.5 Å². The van der Waals surface area contributed by atoms with Crippen molar-refractivity contribution in [1.29, 1.82) is 0 Å². The summed E-state index contributed by atoms with van der Waals surface area (Å²) >= 11 is 0. The summed E-state index contributed by atoms with van der Waals surface area (Å²) in [5.74, 6) is -0.188. The predicted molar refractivity (Wildman–Crippen MR) is 126 cm³/mol. The predicted octanol–water partition coefficient (Wildman–Crippen LogP) is 4.43. The fraction of sp³-hybridized carbons (Fsp3) is 0.400. The molecule has 1 aromatic carbocycles. The van der Waals surface area contributed by atoms with E-state index >= 15 is 0 Å². The largest absolute Gasteiger partial charge is 0.710 e. The average Bonchev–Trinajstić information content (AvgIpc) is 3.03. The maximum atomic E-state index is 13.6. The molecule has 0 bridgehead atoms. The van der Waals surface area contributed by atoms with Gasteiger partial charge in [0.1, 0.15) is 17.7 Å². The minimum absolute atomic E-state index is 0.0537. The van der Waals surface area contributed by atoms with Crippen molar-refractivity contribution < 1.29 is 13.9 Å². The molecule has 0 unspecified atom stereocenters. The maximum absolute atomic E-state index is 13.6. The van der Waals surface area contributed by atoms with E-state index in [2.05, 4.69) is 43.3 Å². The molecule has 1 fully saturated rings. The number of hydrogen-bond donors (Lipinski definition) is 2. The van der Waals surface area contributed by atoms with Crippen molar-refractivity contribution in [3.8, 4) is 22.5 Å². The first kappa shape index (κ1) is 22.9. The molecule has 1 aliphatic heterocycles. The van der Waals surface area contributed by atoms with Crippen molar-refractivity contribution in [2.75, 3.05) is 5.32 Å². The molecule has 8 heteroatoms. The summed E-state index contributed by atoms with van der Waals surface area (Å²) in [5, 5.41) is 19.6. The normalized spacial score (nSPS) is 17.6. The molecule has 33 heavy (non-hydrogen) atoms. The fourth-order valence-corrected chi connectivity index (χ4v) is 5.18. The summed E-state index contributed by atoms with van der Waals surface area (Å²) in [4.78, 5) is 15.8. The second kappa shape index (κ2) is 8.26. The highest BCUT2D eigenvalue weighted by molar-refractivity contribution is 5.88. The number of carbonyl (C=O) groups is 1. The lowest BCUT2D eigenvalue weighted by molar-refractivity contribution is -0.593. The molecule has 1 saturated heterocycles. The molecule has 2 N–H and O–H groups in total. The van der Waals surface area contributed by atoms with Crippen LogP contribution >= 0.6 is 0 Å². The standard InChI is InChI=1S/C25H30FN5O2/c1-16(32)28-21-12-18(10-11-27-21)22-23(17-6-8-19(26)9-7-17)31(33)15-30(22)20-13-24(2,3)29-25(4,5)14-20/h6-12,15,20,29H,13-14H2,1-5H3,(H,27,28,32). The number of benzene rings is 1. The smallest absolute Gasteiger partial charge is 0.248 e. The summed E-state index contributed by atoms with van der Waals surface area (Å²) < 4.78 is 16.5. The van der Waals surface area contributed by atoms with Crippen molar-refractivity contribution in [2.24, 2.45) is 0 Å². The zero-order chi connectivity index (χ0) is 24.0. The summed E-state index contributed by atoms with van der Waals surface area (Å²) in [6.07, 6.45) is 4.84. The van der Waals surface area contributed by atoms with Gasteiger partial charge >= 0.3 is 0 Å². The monoisotopic (exact) mass is 451 g/mol. The lowest BCUT2D eigenvalue weighted by Gasteiger charge is -2.45. The zero-order valence-corrected chi connectivity index (χ0v) is 19.6. The number of aromatic nitrogens is 3. The Morgan fingerprint density at radius 1 is 1.15 bits per heavy atom. The molecule has 4 rings (SSSR count). The van der Waals surface area contributed by atoms with Crippen molar-refractivity contribution in [1.82, 2.24) is 14.9 Å². The minimum Gasteiger partial charge on any atom is -0.710 e. The van der Waals surface area contributed by atoms with Crippen molar-refractivity contribution in [2.45, 2.75) is 64.6 Å². The highest BCUT2D eigenvalue weighted by atomic mass is 19.1. The molecule has 0 spiro atoms. The van der Waals surface area contributed by atoms with Crippen molar-refractivity contribution in [3.63, 3.8) is 0 Å². The van der Waals surface area contributed by atoms with E-state index in [0.29, 0.717) is 22.8 Å². The van der Waals surface area contributed by atoms with Gasteiger partial charge in [0.05, 0.1) is 0 Å². The van der Waals surface area contributed by atoms with Crippen LogP contribution in [0.5, 0.6) is 0 Å². The van der Waals surface area contributed by atoms with E-state index < -0.39 is 0 Å². The molecule has 2 aromatic heterocycles. The number of amides is 1. The van der Waals surface area contributed by atoms with E-state index in [9.17, 15) is 14.4 Å². The van der Waals surface area contributed by atoms with Crippen molar-refractivity contribution in [3.05, 3.63) is 59.9 Å². The van der Waals surface area contributed by atoms with E-state index in [1.165, 1.54) is 19.1 Å². The summed E-state index contributed by atoms with van der Waals surface area (Å²) in [6.45, 7) is 10.1. The summed E-state index contributed by atoms with van der Waals surface area (Å²) in [6, 6.07) is 9.56. The highest BCUT2D eigenvalue weighted by Crippen LogP contribution is 2.40. The van der Waals surface area contributed by atoms with Gasteiger partial charge in [-0.2, -0.15) is 0 Å². The number of halogens is 1. The molecule has 3 aromatic rings. The van der Waals surface area contributed by atoms with Crippen LogP contribution in [0, 0.1) is 11.0 Å². The van der Waals surface area contributed by atoms with E-state index in [-0.39, 0.29) is 28.8 Å². The Morgan fingerprint density at radius 3 is 2.39 bits per heavy atom. The van der Waals surface area contributed by atoms with E-state index in [1.807, 2.05) is 10.6 Å². The maximum Gasteiger partial charge on any atom is 0.248 e. The number of pyridine rings is 1. The number of piperidine rings is 1. The molecule has 1 aliphatic rings. The number of nitrogens with one attached hydrogen (secondary N) is 2. The number of nitrogens with zero attached hydrogens (tertiary/aromatic N) is 3. The molecule has 0 saturated carbocycles. The van der Waals surface area contributed by atoms with Crippen molar-refractivity contribution >= 4 is 11.7 Å². The van der Waals surface area contributed by atoms with E-state index in [1.54, 1.807) is 30.7 Å². The van der Waals surface area contributed by atoms with Gasteiger partial charge in [0, 0.05) is 48.2 Å². The van der Waals surface area contributed by atoms with Crippen LogP contribution in [0.4, 0.5) is 10.2 Å². The van der Waals surface area contributed by atoms with Crippen LogP contribution < -0.4 is 15.4 Å². The Morgan fingerprint density at radius 2 is 1.79 bits per heavy atom. The van der Waals surface area contributed by atoms with E-state index in [4.69, 9.17) is 0 Å². The van der Waals surface area contributed by atoms with E-state index in [0.717, 1.165) is 23.1 Å². The van der Waals surface area contributed by atoms with Crippen LogP contribution in [0.3, 0.4) is 0 Å². The second-order valence-electron chi connectivity index (χ2n) is 10.1. The van der Waals surface area contributed by atoms with Crippen LogP contribution in [0.2, 0.25) is 0 Å². The Bertz CT molecular complexity index is 1170. The minimum atomic E-state index is -0.365. The fourth-order valence-electron chi connectivity index (χ4n) is 5.18. The van der Waals surface area contributed by atoms with Crippen LogP contribution in [0.15, 0.2) is 48.9 Å². The molecule has 3 heterocycles. The SMILES string of the molecule is CC(=O)Nc1cc(-c2c(-c3ccc(F)cc3)[n+]([O-])cn2C2CC(C)(C)NC(C)(C)C2)ccn1. The average molecular weight is 452 g/mol. The molecular weight excluding hydrogens is 421 g/mol. The van der Waals surface area contributed by atoms with Gasteiger partial charge in [-0.25, -0.2) is 18.7 Å². The third-order valence-corrected chi connectivity index (χ3v) is 5.95. The Hall–Kier alpha value is -3.26. The van der Waals surface area contributed by atoms with Gasteiger partial charge < -0.3 is 15.8 Å². The van der Waals surface area contributed by atoms with Gasteiger partial charge in [-0.05, 0) is 64.1 Å². The Kier molecular flexibility index (Phi) is 5.74. The van der Waals surface area contributed by atoms with Gasteiger partial charge in [0.25, 0.3) is 0 Å². The first-order chi connectivity index (χ1) is 15.4. The number of carbonyl (C=O) groups excluding carboxylic acids is 1. The molecule has 0 aliphatic carbocycles.